The van der Waals surface area contributed by atoms with E-state index in [1.54, 1.807) is 73.7 Å². The van der Waals surface area contributed by atoms with Crippen LogP contribution in [0.15, 0.2) is 133 Å². The molecule has 0 spiro atoms. The Kier molecular flexibility index (Phi) is 11.8. The van der Waals surface area contributed by atoms with Crippen LogP contribution in [0.1, 0.15) is 16.7 Å². The van der Waals surface area contributed by atoms with Gasteiger partial charge in [0.05, 0.1) is 16.3 Å². The number of nitrogens with two attached hydrogens (primary N) is 1. The van der Waals surface area contributed by atoms with Crippen molar-refractivity contribution in [3.63, 3.8) is 0 Å². The van der Waals surface area contributed by atoms with Gasteiger partial charge in [0.1, 0.15) is 38.2 Å². The van der Waals surface area contributed by atoms with E-state index < -0.39 is 25.1 Å². The second kappa shape index (κ2) is 17.0. The Labute approximate surface area is 361 Å². The summed E-state index contributed by atoms with van der Waals surface area (Å²) in [4.78, 5) is 3.77. The first kappa shape index (κ1) is 42.3. The summed E-state index contributed by atoms with van der Waals surface area (Å²) >= 11 is 13.1. The molecule has 7 rings (SSSR count). The average Bonchev–Trinajstić information content (AvgIpc) is 3.57. The molecule has 0 aliphatic rings. The lowest BCUT2D eigenvalue weighted by atomic mass is 10.0. The highest BCUT2D eigenvalue weighted by Crippen LogP contribution is 2.49. The van der Waals surface area contributed by atoms with Crippen LogP contribution in [0.2, 0.25) is 10.0 Å². The van der Waals surface area contributed by atoms with Crippen LogP contribution in [0.5, 0.6) is 0 Å². The van der Waals surface area contributed by atoms with Crippen LogP contribution in [0.3, 0.4) is 0 Å². The zero-order chi connectivity index (χ0) is 43.6. The quantitative estimate of drug-likeness (QED) is 0.0461. The van der Waals surface area contributed by atoms with Crippen LogP contribution >= 0.6 is 34.5 Å². The monoisotopic (exact) mass is 908 g/mol. The van der Waals surface area contributed by atoms with E-state index in [1.807, 2.05) is 0 Å². The molecule has 0 saturated heterocycles. The third-order valence-electron chi connectivity index (χ3n) is 8.89. The van der Waals surface area contributed by atoms with Crippen LogP contribution in [-0.4, -0.2) is 30.9 Å². The average molecular weight is 910 g/mol. The normalized spacial score (nSPS) is 11.9. The second-order valence-electron chi connectivity index (χ2n) is 12.9. The maximum absolute atomic E-state index is 12.1. The van der Waals surface area contributed by atoms with Gasteiger partial charge in [-0.15, -0.1) is 20.5 Å². The lowest BCUT2D eigenvalue weighted by Crippen LogP contribution is -2.05. The minimum atomic E-state index is -4.70. The summed E-state index contributed by atoms with van der Waals surface area (Å²) in [6.45, 7) is 1.59. The highest BCUT2D eigenvalue weighted by atomic mass is 35.5. The molecule has 304 valence electrons. The molecule has 0 radical (unpaired) electrons. The van der Waals surface area contributed by atoms with Crippen molar-refractivity contribution in [3.8, 4) is 23.3 Å². The van der Waals surface area contributed by atoms with Gasteiger partial charge in [0.15, 0.2) is 16.6 Å². The fraction of sp³-hybridized carbons (Fsp3) is 0.0250. The lowest BCUT2D eigenvalue weighted by Gasteiger charge is -2.16. The van der Waals surface area contributed by atoms with Crippen LogP contribution in [0.4, 0.5) is 50.1 Å². The minimum absolute atomic E-state index is 0.00441. The van der Waals surface area contributed by atoms with Crippen molar-refractivity contribution in [1.29, 1.82) is 10.5 Å². The molecule has 6 N–H and O–H groups in total. The number of nitrogens with one attached hydrogen (secondary N) is 2. The summed E-state index contributed by atoms with van der Waals surface area (Å²) < 4.78 is 67.7. The predicted molar refractivity (Wildman–Crippen MR) is 234 cm³/mol. The molecule has 0 unspecified atom stereocenters. The Morgan fingerprint density at radius 2 is 1.38 bits per heavy atom. The van der Waals surface area contributed by atoms with Gasteiger partial charge >= 0.3 is 0 Å². The molecule has 16 nitrogen and oxygen atoms in total. The number of nitriles is 2. The summed E-state index contributed by atoms with van der Waals surface area (Å²) in [5.41, 5.74) is 8.66. The topological polar surface area (TPSA) is 269 Å². The van der Waals surface area contributed by atoms with Crippen LogP contribution in [-0.2, 0) is 20.2 Å². The molecule has 5 aromatic carbocycles. The van der Waals surface area contributed by atoms with Gasteiger partial charge in [-0.1, -0.05) is 64.9 Å². The largest absolute Gasteiger partial charge is 0.399 e. The third kappa shape index (κ3) is 9.18. The maximum atomic E-state index is 12.1. The van der Waals surface area contributed by atoms with E-state index >= 15 is 0 Å². The van der Waals surface area contributed by atoms with Gasteiger partial charge in [-0.05, 0) is 90.7 Å². The van der Waals surface area contributed by atoms with Gasteiger partial charge in [0, 0.05) is 38.6 Å². The van der Waals surface area contributed by atoms with E-state index in [0.29, 0.717) is 32.9 Å². The van der Waals surface area contributed by atoms with Gasteiger partial charge in [-0.2, -0.15) is 27.4 Å². The highest BCUT2D eigenvalue weighted by molar-refractivity contribution is 7.86. The zero-order valence-electron chi connectivity index (χ0n) is 31.0. The number of benzene rings is 5. The predicted octanol–water partition coefficient (Wildman–Crippen LogP) is 11.7. The third-order valence-corrected chi connectivity index (χ3v) is 12.3. The van der Waals surface area contributed by atoms with Gasteiger partial charge in [0.25, 0.3) is 20.2 Å². The molecular formula is C40H26Cl2N10O6S3. The van der Waals surface area contributed by atoms with E-state index in [4.69, 9.17) is 28.9 Å². The molecule has 7 aromatic rings. The zero-order valence-corrected chi connectivity index (χ0v) is 35.0. The van der Waals surface area contributed by atoms with Crippen molar-refractivity contribution in [2.75, 3.05) is 16.4 Å². The summed E-state index contributed by atoms with van der Waals surface area (Å²) in [6.07, 6.45) is 0. The van der Waals surface area contributed by atoms with Gasteiger partial charge in [-0.25, -0.2) is 4.98 Å². The number of hydrogen-bond acceptors (Lipinski definition) is 15. The number of aromatic nitrogens is 1. The van der Waals surface area contributed by atoms with Crippen molar-refractivity contribution in [1.82, 2.24) is 4.98 Å². The molecule has 21 heteroatoms. The number of thiophene rings is 1. The van der Waals surface area contributed by atoms with Crippen LogP contribution in [0.25, 0.3) is 21.9 Å². The Morgan fingerprint density at radius 3 is 2.05 bits per heavy atom. The van der Waals surface area contributed by atoms with Gasteiger partial charge in [0.2, 0.25) is 0 Å². The van der Waals surface area contributed by atoms with Crippen LogP contribution in [0, 0.1) is 29.6 Å². The first-order valence-corrected chi connectivity index (χ1v) is 21.8. The first-order valence-electron chi connectivity index (χ1n) is 17.3. The Hall–Kier alpha value is -6.81. The summed E-state index contributed by atoms with van der Waals surface area (Å²) in [6, 6.07) is 30.5. The van der Waals surface area contributed by atoms with E-state index in [-0.39, 0.29) is 70.7 Å². The molecule has 0 amide bonds. The molecule has 2 heterocycles. The molecule has 0 bridgehead atoms. The SMILES string of the molecule is Cc1c(C#N)c(Nc2ccc(Cl)c(S(=O)(=O)O)c2)nc(Nc2ccc(Cl)cc2)c1N=Nc1sc(N=Nc2ccc3cccc(S(=O)(=O)O)c3c2)c(-c2ccc(N)cc2)c1C#N. The summed E-state index contributed by atoms with van der Waals surface area (Å²) in [5.74, 6) is 0.0712. The van der Waals surface area contributed by atoms with Crippen LogP contribution < -0.4 is 16.4 Å². The molecule has 0 fully saturated rings. The van der Waals surface area contributed by atoms with E-state index in [1.165, 1.54) is 30.3 Å². The van der Waals surface area contributed by atoms with Crippen molar-refractivity contribution < 1.29 is 25.9 Å². The Morgan fingerprint density at radius 1 is 0.721 bits per heavy atom. The van der Waals surface area contributed by atoms with Gasteiger partial charge < -0.3 is 16.4 Å². The molecule has 0 saturated carbocycles. The molecular weight excluding hydrogens is 884 g/mol. The first-order chi connectivity index (χ1) is 29.0. The Balaban J connectivity index is 1.36. The highest BCUT2D eigenvalue weighted by Gasteiger charge is 2.23. The molecule has 0 aliphatic heterocycles. The van der Waals surface area contributed by atoms with E-state index in [9.17, 15) is 36.5 Å². The minimum Gasteiger partial charge on any atom is -0.399 e. The maximum Gasteiger partial charge on any atom is 0.296 e. The second-order valence-corrected chi connectivity index (χ2v) is 17.5. The molecule has 2 aromatic heterocycles. The van der Waals surface area contributed by atoms with E-state index in [2.05, 4.69) is 48.2 Å². The van der Waals surface area contributed by atoms with Crippen molar-refractivity contribution in [3.05, 3.63) is 130 Å². The number of halogens is 2. The lowest BCUT2D eigenvalue weighted by molar-refractivity contribution is 0.481. The number of azo groups is 2. The van der Waals surface area contributed by atoms with Crippen molar-refractivity contribution >= 4 is 116 Å². The van der Waals surface area contributed by atoms with Crippen molar-refractivity contribution in [2.45, 2.75) is 16.7 Å². The number of rotatable bonds is 11. The summed E-state index contributed by atoms with van der Waals surface area (Å²) in [5, 5.41) is 46.1. The van der Waals surface area contributed by atoms with Gasteiger partial charge in [-0.3, -0.25) is 9.11 Å². The molecule has 0 atom stereocenters. The number of fused-ring (bicyclic) bond motifs is 1. The Bertz CT molecular complexity index is 3280. The standard InChI is InChI=1S/C40H26Cl2N10O6S3/c1-21-30(19-43)37(47-27-15-16-32(42)34(18-27)61(56,57)58)48-38(46-26-13-8-24(41)9-14-26)36(21)50-51-39-31(20-44)35(23-5-10-25(45)11-6-23)40(59-39)52-49-28-12-7-22-3-2-4-33(29(22)17-28)60(53,54)55/h2-18H,45H2,1H3,(H2,46,47,48)(H,53,54,55)(H,56,57,58). The smallest absolute Gasteiger partial charge is 0.296 e. The number of pyridine rings is 1. The van der Waals surface area contributed by atoms with Crippen molar-refractivity contribution in [2.24, 2.45) is 20.5 Å². The number of nitrogens with zero attached hydrogens (tertiary/aromatic N) is 7. The number of anilines is 5. The fourth-order valence-corrected chi connectivity index (χ4v) is 8.75. The fourth-order valence-electron chi connectivity index (χ4n) is 6.00. The number of hydrogen-bond donors (Lipinski definition) is 5. The van der Waals surface area contributed by atoms with E-state index in [0.717, 1.165) is 17.4 Å². The number of nitrogen functional groups attached to an aromatic ring is 1. The summed E-state index contributed by atoms with van der Waals surface area (Å²) in [7, 11) is -9.26. The molecule has 61 heavy (non-hydrogen) atoms. The molecule has 0 aliphatic carbocycles.